The number of aromatic nitrogens is 2. The van der Waals surface area contributed by atoms with E-state index in [0.717, 1.165) is 11.1 Å². The van der Waals surface area contributed by atoms with Crippen molar-refractivity contribution in [3.63, 3.8) is 0 Å². The van der Waals surface area contributed by atoms with Gasteiger partial charge in [0.05, 0.1) is 6.10 Å². The van der Waals surface area contributed by atoms with E-state index in [1.54, 1.807) is 12.4 Å². The maximum absolute atomic E-state index is 10.2. The molecule has 0 aliphatic carbocycles. The van der Waals surface area contributed by atoms with Crippen LogP contribution in [0.5, 0.6) is 0 Å². The fourth-order valence-corrected chi connectivity index (χ4v) is 2.19. The molecule has 0 aliphatic heterocycles. The zero-order chi connectivity index (χ0) is 13.1. The molecule has 94 valence electrons. The van der Waals surface area contributed by atoms with Crippen LogP contribution in [0, 0.1) is 0 Å². The Morgan fingerprint density at radius 2 is 1.68 bits per heavy atom. The van der Waals surface area contributed by atoms with Gasteiger partial charge in [-0.3, -0.25) is 0 Å². The maximum atomic E-state index is 10.2. The normalized spacial score (nSPS) is 12.5. The molecular weight excluding hydrogens is 236 g/mol. The number of benzene rings is 2. The second-order valence-electron chi connectivity index (χ2n) is 4.57. The van der Waals surface area contributed by atoms with Crippen LogP contribution in [0.4, 0.5) is 0 Å². The third-order valence-electron chi connectivity index (χ3n) is 3.21. The second kappa shape index (κ2) is 5.16. The van der Waals surface area contributed by atoms with Crippen LogP contribution in [0.25, 0.3) is 10.8 Å². The van der Waals surface area contributed by atoms with Crippen molar-refractivity contribution in [2.75, 3.05) is 0 Å². The minimum absolute atomic E-state index is 0.567. The standard InChI is InChI=1S/C16H14N2O/c19-16(15-9-17-11-18-10-15)8-12-5-6-13-3-1-2-4-14(13)7-12/h1-7,9-11,16,19H,8H2. The van der Waals surface area contributed by atoms with Crippen molar-refractivity contribution in [2.24, 2.45) is 0 Å². The molecule has 0 saturated heterocycles. The van der Waals surface area contributed by atoms with E-state index in [0.29, 0.717) is 6.42 Å². The van der Waals surface area contributed by atoms with Crippen LogP contribution in [0.3, 0.4) is 0 Å². The molecule has 1 heterocycles. The molecule has 0 amide bonds. The molecule has 1 N–H and O–H groups in total. The Hall–Kier alpha value is -2.26. The fourth-order valence-electron chi connectivity index (χ4n) is 2.19. The molecule has 3 nitrogen and oxygen atoms in total. The van der Waals surface area contributed by atoms with E-state index in [1.165, 1.54) is 17.1 Å². The van der Waals surface area contributed by atoms with Crippen LogP contribution >= 0.6 is 0 Å². The number of aliphatic hydroxyl groups excluding tert-OH is 1. The average molecular weight is 250 g/mol. The summed E-state index contributed by atoms with van der Waals surface area (Å²) in [4.78, 5) is 7.85. The van der Waals surface area contributed by atoms with Gasteiger partial charge in [-0.1, -0.05) is 42.5 Å². The highest BCUT2D eigenvalue weighted by Crippen LogP contribution is 2.20. The number of fused-ring (bicyclic) bond motifs is 1. The summed E-state index contributed by atoms with van der Waals surface area (Å²) in [5.41, 5.74) is 1.85. The molecule has 2 aromatic carbocycles. The third kappa shape index (κ3) is 2.61. The molecule has 3 heteroatoms. The zero-order valence-corrected chi connectivity index (χ0v) is 10.4. The molecule has 3 rings (SSSR count). The predicted molar refractivity (Wildman–Crippen MR) is 74.6 cm³/mol. The van der Waals surface area contributed by atoms with Gasteiger partial charge in [0, 0.05) is 24.4 Å². The number of hydrogen-bond donors (Lipinski definition) is 1. The molecule has 0 aliphatic rings. The Balaban J connectivity index is 1.85. The Morgan fingerprint density at radius 1 is 0.947 bits per heavy atom. The second-order valence-corrected chi connectivity index (χ2v) is 4.57. The Bertz CT molecular complexity index is 682. The monoisotopic (exact) mass is 250 g/mol. The van der Waals surface area contributed by atoms with Crippen molar-refractivity contribution in [1.29, 1.82) is 0 Å². The van der Waals surface area contributed by atoms with Crippen molar-refractivity contribution in [1.82, 2.24) is 9.97 Å². The molecule has 0 spiro atoms. The summed E-state index contributed by atoms with van der Waals surface area (Å²) < 4.78 is 0. The SMILES string of the molecule is OC(Cc1ccc2ccccc2c1)c1cncnc1. The number of rotatable bonds is 3. The van der Waals surface area contributed by atoms with Crippen molar-refractivity contribution in [3.05, 3.63) is 72.3 Å². The fraction of sp³-hybridized carbons (Fsp3) is 0.125. The summed E-state index contributed by atoms with van der Waals surface area (Å²) in [6.07, 6.45) is 4.77. The first-order valence-corrected chi connectivity index (χ1v) is 6.23. The first-order chi connectivity index (χ1) is 9.33. The minimum atomic E-state index is -0.567. The summed E-state index contributed by atoms with van der Waals surface area (Å²) in [5, 5.41) is 12.6. The van der Waals surface area contributed by atoms with Crippen LogP contribution < -0.4 is 0 Å². The summed E-state index contributed by atoms with van der Waals surface area (Å²) in [6.45, 7) is 0. The van der Waals surface area contributed by atoms with Crippen LogP contribution in [0.15, 0.2) is 61.2 Å². The largest absolute Gasteiger partial charge is 0.388 e. The summed E-state index contributed by atoms with van der Waals surface area (Å²) in [6, 6.07) is 14.5. The van der Waals surface area contributed by atoms with Gasteiger partial charge in [-0.15, -0.1) is 0 Å². The van der Waals surface area contributed by atoms with Gasteiger partial charge in [0.15, 0.2) is 0 Å². The molecule has 3 aromatic rings. The molecule has 1 aromatic heterocycles. The van der Waals surface area contributed by atoms with Gasteiger partial charge in [0.1, 0.15) is 6.33 Å². The van der Waals surface area contributed by atoms with Gasteiger partial charge in [0.2, 0.25) is 0 Å². The van der Waals surface area contributed by atoms with Gasteiger partial charge in [-0.05, 0) is 16.3 Å². The van der Waals surface area contributed by atoms with E-state index in [1.807, 2.05) is 12.1 Å². The van der Waals surface area contributed by atoms with Gasteiger partial charge in [0.25, 0.3) is 0 Å². The van der Waals surface area contributed by atoms with Crippen molar-refractivity contribution >= 4 is 10.8 Å². The highest BCUT2D eigenvalue weighted by Gasteiger charge is 2.09. The van der Waals surface area contributed by atoms with Gasteiger partial charge in [-0.25, -0.2) is 9.97 Å². The summed E-state index contributed by atoms with van der Waals surface area (Å²) in [5.74, 6) is 0. The van der Waals surface area contributed by atoms with Crippen molar-refractivity contribution in [3.8, 4) is 0 Å². The highest BCUT2D eigenvalue weighted by atomic mass is 16.3. The number of nitrogens with zero attached hydrogens (tertiary/aromatic N) is 2. The van der Waals surface area contributed by atoms with Crippen LogP contribution in [0.1, 0.15) is 17.2 Å². The molecule has 0 radical (unpaired) electrons. The zero-order valence-electron chi connectivity index (χ0n) is 10.4. The Morgan fingerprint density at radius 3 is 2.47 bits per heavy atom. The lowest BCUT2D eigenvalue weighted by atomic mass is 10.0. The van der Waals surface area contributed by atoms with E-state index in [2.05, 4.69) is 40.3 Å². The topological polar surface area (TPSA) is 46.0 Å². The Labute approximate surface area is 111 Å². The lowest BCUT2D eigenvalue weighted by Crippen LogP contribution is -2.02. The molecule has 1 atom stereocenters. The van der Waals surface area contributed by atoms with Crippen molar-refractivity contribution < 1.29 is 5.11 Å². The lowest BCUT2D eigenvalue weighted by Gasteiger charge is -2.10. The smallest absolute Gasteiger partial charge is 0.115 e. The molecular formula is C16H14N2O. The van der Waals surface area contributed by atoms with E-state index in [4.69, 9.17) is 0 Å². The molecule has 19 heavy (non-hydrogen) atoms. The first kappa shape index (κ1) is 11.8. The minimum Gasteiger partial charge on any atom is -0.388 e. The quantitative estimate of drug-likeness (QED) is 0.777. The van der Waals surface area contributed by atoms with Crippen LogP contribution in [-0.4, -0.2) is 15.1 Å². The molecule has 0 fully saturated rings. The van der Waals surface area contributed by atoms with Gasteiger partial charge < -0.3 is 5.11 Å². The summed E-state index contributed by atoms with van der Waals surface area (Å²) >= 11 is 0. The Kier molecular flexibility index (Phi) is 3.21. The van der Waals surface area contributed by atoms with Gasteiger partial charge in [-0.2, -0.15) is 0 Å². The van der Waals surface area contributed by atoms with Crippen molar-refractivity contribution in [2.45, 2.75) is 12.5 Å². The van der Waals surface area contributed by atoms with Crippen LogP contribution in [0.2, 0.25) is 0 Å². The van der Waals surface area contributed by atoms with E-state index >= 15 is 0 Å². The van der Waals surface area contributed by atoms with E-state index < -0.39 is 6.10 Å². The van der Waals surface area contributed by atoms with E-state index in [-0.39, 0.29) is 0 Å². The van der Waals surface area contributed by atoms with Gasteiger partial charge >= 0.3 is 0 Å². The lowest BCUT2D eigenvalue weighted by molar-refractivity contribution is 0.177. The predicted octanol–water partition coefficient (Wildman–Crippen LogP) is 2.91. The number of aliphatic hydroxyl groups is 1. The average Bonchev–Trinajstić information content (AvgIpc) is 2.48. The molecule has 0 saturated carbocycles. The number of hydrogen-bond acceptors (Lipinski definition) is 3. The molecule has 0 bridgehead atoms. The maximum Gasteiger partial charge on any atom is 0.115 e. The highest BCUT2D eigenvalue weighted by molar-refractivity contribution is 5.82. The molecule has 1 unspecified atom stereocenters. The third-order valence-corrected chi connectivity index (χ3v) is 3.21. The summed E-state index contributed by atoms with van der Waals surface area (Å²) in [7, 11) is 0. The van der Waals surface area contributed by atoms with Crippen LogP contribution in [-0.2, 0) is 6.42 Å². The van der Waals surface area contributed by atoms with E-state index in [9.17, 15) is 5.11 Å². The first-order valence-electron chi connectivity index (χ1n) is 6.23.